The molecule has 1 saturated heterocycles. The Morgan fingerprint density at radius 2 is 2.44 bits per heavy atom. The third-order valence-electron chi connectivity index (χ3n) is 2.91. The van der Waals surface area contributed by atoms with Crippen molar-refractivity contribution in [1.82, 2.24) is 4.98 Å². The number of ether oxygens (including phenoxy) is 1. The van der Waals surface area contributed by atoms with Crippen LogP contribution in [-0.2, 0) is 9.53 Å². The Balaban J connectivity index is 2.34. The van der Waals surface area contributed by atoms with Gasteiger partial charge >= 0.3 is 5.97 Å². The van der Waals surface area contributed by atoms with E-state index in [0.717, 1.165) is 0 Å². The molecule has 0 aromatic carbocycles. The Morgan fingerprint density at radius 3 is 3.06 bits per heavy atom. The van der Waals surface area contributed by atoms with Crippen molar-refractivity contribution in [2.24, 2.45) is 5.92 Å². The van der Waals surface area contributed by atoms with Gasteiger partial charge < -0.3 is 4.74 Å². The molecule has 0 bridgehead atoms. The van der Waals surface area contributed by atoms with E-state index in [4.69, 9.17) is 4.74 Å². The minimum atomic E-state index is -0.486. The fourth-order valence-electron chi connectivity index (χ4n) is 1.99. The molecule has 18 heavy (non-hydrogen) atoms. The molecule has 1 atom stereocenters. The summed E-state index contributed by atoms with van der Waals surface area (Å²) in [7, 11) is 1.31. The summed E-state index contributed by atoms with van der Waals surface area (Å²) >= 11 is 4.20. The molecule has 0 aliphatic carbocycles. The van der Waals surface area contributed by atoms with Crippen molar-refractivity contribution in [1.29, 1.82) is 0 Å². The van der Waals surface area contributed by atoms with Crippen molar-refractivity contribution in [3.8, 4) is 0 Å². The first-order valence-corrected chi connectivity index (χ1v) is 6.25. The van der Waals surface area contributed by atoms with Crippen LogP contribution in [0.5, 0.6) is 0 Å². The van der Waals surface area contributed by atoms with Gasteiger partial charge in [0.1, 0.15) is 11.4 Å². The van der Waals surface area contributed by atoms with Gasteiger partial charge in [0.15, 0.2) is 0 Å². The molecular formula is C12H14N2O3S. The highest BCUT2D eigenvalue weighted by molar-refractivity contribution is 7.80. The number of hydrogen-bond donors (Lipinski definition) is 1. The van der Waals surface area contributed by atoms with Crippen LogP contribution in [-0.4, -0.2) is 36.3 Å². The normalized spacial score (nSPS) is 19.1. The van der Waals surface area contributed by atoms with E-state index in [0.29, 0.717) is 30.1 Å². The first kappa shape index (κ1) is 12.9. The second-order valence-corrected chi connectivity index (χ2v) is 4.49. The van der Waals surface area contributed by atoms with E-state index in [9.17, 15) is 9.59 Å². The van der Waals surface area contributed by atoms with Crippen LogP contribution in [0.4, 0.5) is 5.82 Å². The van der Waals surface area contributed by atoms with Crippen LogP contribution in [0.1, 0.15) is 16.8 Å². The molecule has 0 spiro atoms. The van der Waals surface area contributed by atoms with Gasteiger partial charge in [-0.3, -0.25) is 9.69 Å². The number of anilines is 1. The lowest BCUT2D eigenvalue weighted by atomic mass is 10.1. The fraction of sp³-hybridized carbons (Fsp3) is 0.417. The number of amides is 1. The predicted molar refractivity (Wildman–Crippen MR) is 69.9 cm³/mol. The van der Waals surface area contributed by atoms with E-state index in [1.165, 1.54) is 12.0 Å². The summed E-state index contributed by atoms with van der Waals surface area (Å²) in [5.74, 6) is 0.702. The fourth-order valence-corrected chi connectivity index (χ4v) is 2.23. The molecular weight excluding hydrogens is 252 g/mol. The van der Waals surface area contributed by atoms with Gasteiger partial charge in [-0.25, -0.2) is 9.78 Å². The van der Waals surface area contributed by atoms with Crippen LogP contribution in [0.15, 0.2) is 18.3 Å². The van der Waals surface area contributed by atoms with E-state index in [1.807, 2.05) is 0 Å². The molecule has 0 saturated carbocycles. The maximum Gasteiger partial charge on any atom is 0.341 e. The van der Waals surface area contributed by atoms with E-state index in [1.54, 1.807) is 18.3 Å². The van der Waals surface area contributed by atoms with Crippen LogP contribution in [0.25, 0.3) is 0 Å². The zero-order valence-corrected chi connectivity index (χ0v) is 10.9. The smallest absolute Gasteiger partial charge is 0.341 e. The second-order valence-electron chi connectivity index (χ2n) is 4.12. The lowest BCUT2D eigenvalue weighted by Gasteiger charge is -2.17. The maximum atomic E-state index is 11.9. The highest BCUT2D eigenvalue weighted by atomic mass is 32.1. The molecule has 0 N–H and O–H groups in total. The topological polar surface area (TPSA) is 59.5 Å². The average molecular weight is 266 g/mol. The number of methoxy groups -OCH3 is 1. The highest BCUT2D eigenvalue weighted by Gasteiger charge is 2.32. The van der Waals surface area contributed by atoms with Gasteiger partial charge in [-0.2, -0.15) is 12.6 Å². The summed E-state index contributed by atoms with van der Waals surface area (Å²) < 4.78 is 4.69. The van der Waals surface area contributed by atoms with Crippen LogP contribution in [0.2, 0.25) is 0 Å². The van der Waals surface area contributed by atoms with E-state index < -0.39 is 5.97 Å². The van der Waals surface area contributed by atoms with Gasteiger partial charge in [-0.05, 0) is 23.8 Å². The van der Waals surface area contributed by atoms with Crippen molar-refractivity contribution in [2.45, 2.75) is 6.42 Å². The Kier molecular flexibility index (Phi) is 3.86. The quantitative estimate of drug-likeness (QED) is 0.658. The summed E-state index contributed by atoms with van der Waals surface area (Å²) in [5.41, 5.74) is 0.313. The molecule has 6 heteroatoms. The first-order chi connectivity index (χ1) is 8.67. The number of hydrogen-bond acceptors (Lipinski definition) is 5. The number of esters is 1. The molecule has 0 radical (unpaired) electrons. The standard InChI is InChI=1S/C12H14N2O3S/c1-17-12(16)9-3-2-4-13-11(9)14-6-8(7-18)5-10(14)15/h2-4,8,18H,5-7H2,1H3. The maximum absolute atomic E-state index is 11.9. The molecule has 1 unspecified atom stereocenters. The van der Waals surface area contributed by atoms with Crippen molar-refractivity contribution >= 4 is 30.3 Å². The van der Waals surface area contributed by atoms with Crippen LogP contribution in [0.3, 0.4) is 0 Å². The summed E-state index contributed by atoms with van der Waals surface area (Å²) in [6, 6.07) is 3.25. The largest absolute Gasteiger partial charge is 0.465 e. The van der Waals surface area contributed by atoms with E-state index >= 15 is 0 Å². The van der Waals surface area contributed by atoms with Crippen molar-refractivity contribution in [3.63, 3.8) is 0 Å². The molecule has 1 amide bonds. The predicted octanol–water partition coefficient (Wildman–Crippen LogP) is 1.15. The monoisotopic (exact) mass is 266 g/mol. The molecule has 2 rings (SSSR count). The Bertz CT molecular complexity index is 478. The van der Waals surface area contributed by atoms with Crippen LogP contribution < -0.4 is 4.90 Å². The number of rotatable bonds is 3. The summed E-state index contributed by atoms with van der Waals surface area (Å²) in [5, 5.41) is 0. The third-order valence-corrected chi connectivity index (χ3v) is 3.43. The Morgan fingerprint density at radius 1 is 1.67 bits per heavy atom. The third kappa shape index (κ3) is 2.33. The number of pyridine rings is 1. The molecule has 2 heterocycles. The van der Waals surface area contributed by atoms with E-state index in [2.05, 4.69) is 17.6 Å². The average Bonchev–Trinajstić information content (AvgIpc) is 2.79. The highest BCUT2D eigenvalue weighted by Crippen LogP contribution is 2.27. The van der Waals surface area contributed by atoms with Crippen molar-refractivity contribution < 1.29 is 14.3 Å². The van der Waals surface area contributed by atoms with Gasteiger partial charge in [-0.1, -0.05) is 0 Å². The summed E-state index contributed by atoms with van der Waals surface area (Å²) in [6.45, 7) is 0.545. The number of carbonyl (C=O) groups excluding carboxylic acids is 2. The van der Waals surface area contributed by atoms with Crippen molar-refractivity contribution in [2.75, 3.05) is 24.3 Å². The summed E-state index contributed by atoms with van der Waals surface area (Å²) in [6.07, 6.45) is 2.00. The number of thiol groups is 1. The molecule has 5 nitrogen and oxygen atoms in total. The van der Waals surface area contributed by atoms with Crippen LogP contribution >= 0.6 is 12.6 Å². The Labute approximate surface area is 111 Å². The minimum absolute atomic E-state index is 0.0297. The molecule has 1 fully saturated rings. The summed E-state index contributed by atoms with van der Waals surface area (Å²) in [4.78, 5) is 29.2. The first-order valence-electron chi connectivity index (χ1n) is 5.62. The lowest BCUT2D eigenvalue weighted by Crippen LogP contribution is -2.28. The Hall–Kier alpha value is -1.56. The van der Waals surface area contributed by atoms with Gasteiger partial charge in [0.2, 0.25) is 5.91 Å². The molecule has 1 aliphatic rings. The molecule has 1 aromatic heterocycles. The second kappa shape index (κ2) is 5.39. The SMILES string of the molecule is COC(=O)c1cccnc1N1CC(CS)CC1=O. The van der Waals surface area contributed by atoms with Crippen LogP contribution in [0, 0.1) is 5.92 Å². The number of nitrogens with zero attached hydrogens (tertiary/aromatic N) is 2. The lowest BCUT2D eigenvalue weighted by molar-refractivity contribution is -0.117. The zero-order chi connectivity index (χ0) is 13.1. The van der Waals surface area contributed by atoms with E-state index in [-0.39, 0.29) is 11.8 Å². The van der Waals surface area contributed by atoms with Crippen molar-refractivity contribution in [3.05, 3.63) is 23.9 Å². The molecule has 1 aromatic rings. The van der Waals surface area contributed by atoms with Gasteiger partial charge in [0.05, 0.1) is 7.11 Å². The molecule has 96 valence electrons. The molecule has 1 aliphatic heterocycles. The van der Waals surface area contributed by atoms with Gasteiger partial charge in [0.25, 0.3) is 0 Å². The number of carbonyl (C=O) groups is 2. The van der Waals surface area contributed by atoms with Gasteiger partial charge in [0, 0.05) is 19.2 Å². The number of aromatic nitrogens is 1. The minimum Gasteiger partial charge on any atom is -0.465 e. The zero-order valence-electron chi connectivity index (χ0n) is 10.00. The van der Waals surface area contributed by atoms with Gasteiger partial charge in [-0.15, -0.1) is 0 Å².